The molecular formula is C53H67N. The zero-order chi connectivity index (χ0) is 38.2. The molecule has 0 heterocycles. The lowest BCUT2D eigenvalue weighted by molar-refractivity contribution is 0.266. The van der Waals surface area contributed by atoms with E-state index >= 15 is 0 Å². The Hall–Kier alpha value is -4.10. The van der Waals surface area contributed by atoms with E-state index in [1.165, 1.54) is 120 Å². The number of hydrogen-bond donors (Lipinski definition) is 0. The van der Waals surface area contributed by atoms with Gasteiger partial charge in [-0.3, -0.25) is 0 Å². The van der Waals surface area contributed by atoms with Crippen LogP contribution in [0.4, 0.5) is 17.1 Å². The predicted molar refractivity (Wildman–Crippen MR) is 237 cm³/mol. The van der Waals surface area contributed by atoms with E-state index in [4.69, 9.17) is 0 Å². The molecule has 0 saturated heterocycles. The van der Waals surface area contributed by atoms with E-state index in [2.05, 4.69) is 169 Å². The summed E-state index contributed by atoms with van der Waals surface area (Å²) < 4.78 is 0. The number of unbranched alkanes of at least 4 members (excludes halogenated alkanes) is 2. The van der Waals surface area contributed by atoms with Gasteiger partial charge in [0.2, 0.25) is 0 Å². The average molecular weight is 718 g/mol. The third-order valence-electron chi connectivity index (χ3n) is 13.0. The number of hydrogen-bond acceptors (Lipinski definition) is 1. The molecule has 0 amide bonds. The van der Waals surface area contributed by atoms with Crippen molar-refractivity contribution in [1.82, 2.24) is 0 Å². The van der Waals surface area contributed by atoms with Crippen molar-refractivity contribution in [3.63, 3.8) is 0 Å². The number of anilines is 3. The Morgan fingerprint density at radius 2 is 0.963 bits per heavy atom. The van der Waals surface area contributed by atoms with Crippen molar-refractivity contribution in [2.24, 2.45) is 11.8 Å². The van der Waals surface area contributed by atoms with E-state index in [-0.39, 0.29) is 5.41 Å². The Morgan fingerprint density at radius 3 is 1.48 bits per heavy atom. The van der Waals surface area contributed by atoms with Crippen molar-refractivity contribution in [2.45, 2.75) is 137 Å². The lowest BCUT2D eigenvalue weighted by Crippen LogP contribution is -2.31. The molecule has 1 aliphatic carbocycles. The first-order chi connectivity index (χ1) is 26.2. The van der Waals surface area contributed by atoms with Gasteiger partial charge in [0, 0.05) is 22.5 Å². The van der Waals surface area contributed by atoms with Crippen molar-refractivity contribution in [3.05, 3.63) is 137 Å². The van der Waals surface area contributed by atoms with Gasteiger partial charge in [-0.05, 0) is 132 Å². The largest absolute Gasteiger partial charge is 0.311 e. The molecule has 6 rings (SSSR count). The van der Waals surface area contributed by atoms with Gasteiger partial charge in [0.15, 0.2) is 0 Å². The fourth-order valence-electron chi connectivity index (χ4n) is 9.32. The SMILES string of the molecule is CCCCC(CC)CC1(CC(CC)CCCC)c2cc(C)ccc2-c2ccc(-c3ccc(N(c4ccc(C)cc4)c4ccc(C(C)CC)cc4)cc3)cc21. The van der Waals surface area contributed by atoms with Crippen molar-refractivity contribution >= 4 is 17.1 Å². The van der Waals surface area contributed by atoms with Crippen molar-refractivity contribution < 1.29 is 0 Å². The number of fused-ring (bicyclic) bond motifs is 3. The summed E-state index contributed by atoms with van der Waals surface area (Å²) in [5.41, 5.74) is 16.4. The fraction of sp³-hybridized carbons (Fsp3) is 0.434. The molecular weight excluding hydrogens is 651 g/mol. The Bertz CT molecular complexity index is 1910. The van der Waals surface area contributed by atoms with E-state index in [0.717, 1.165) is 18.3 Å². The number of benzene rings is 5. The first-order valence-electron chi connectivity index (χ1n) is 21.6. The molecule has 3 atom stereocenters. The molecule has 0 aromatic heterocycles. The second-order valence-corrected chi connectivity index (χ2v) is 16.8. The minimum absolute atomic E-state index is 0.0408. The zero-order valence-corrected chi connectivity index (χ0v) is 34.8. The lowest BCUT2D eigenvalue weighted by atomic mass is 9.65. The summed E-state index contributed by atoms with van der Waals surface area (Å²) in [6.45, 7) is 18.6. The summed E-state index contributed by atoms with van der Waals surface area (Å²) in [6.07, 6.45) is 14.0. The average Bonchev–Trinajstić information content (AvgIpc) is 3.46. The third-order valence-corrected chi connectivity index (χ3v) is 13.0. The van der Waals surface area contributed by atoms with Gasteiger partial charge in [-0.15, -0.1) is 0 Å². The third kappa shape index (κ3) is 8.41. The van der Waals surface area contributed by atoms with Crippen LogP contribution in [-0.4, -0.2) is 0 Å². The highest BCUT2D eigenvalue weighted by molar-refractivity contribution is 5.85. The number of rotatable bonds is 18. The second kappa shape index (κ2) is 18.0. The molecule has 0 bridgehead atoms. The van der Waals surface area contributed by atoms with E-state index in [0.29, 0.717) is 5.92 Å². The smallest absolute Gasteiger partial charge is 0.0462 e. The molecule has 0 saturated carbocycles. The van der Waals surface area contributed by atoms with Crippen LogP contribution in [-0.2, 0) is 5.41 Å². The maximum atomic E-state index is 2.62. The van der Waals surface area contributed by atoms with Crippen LogP contribution < -0.4 is 4.90 Å². The Labute approximate surface area is 329 Å². The van der Waals surface area contributed by atoms with Crippen LogP contribution >= 0.6 is 0 Å². The molecule has 0 N–H and O–H groups in total. The zero-order valence-electron chi connectivity index (χ0n) is 34.8. The topological polar surface area (TPSA) is 3.24 Å². The van der Waals surface area contributed by atoms with Crippen molar-refractivity contribution in [3.8, 4) is 22.3 Å². The van der Waals surface area contributed by atoms with Gasteiger partial charge in [-0.25, -0.2) is 0 Å². The van der Waals surface area contributed by atoms with Crippen LogP contribution in [0.5, 0.6) is 0 Å². The lowest BCUT2D eigenvalue weighted by Gasteiger charge is -2.39. The van der Waals surface area contributed by atoms with Crippen LogP contribution in [0.1, 0.15) is 146 Å². The Morgan fingerprint density at radius 1 is 0.500 bits per heavy atom. The fourth-order valence-corrected chi connectivity index (χ4v) is 9.32. The number of nitrogens with zero attached hydrogens (tertiary/aromatic N) is 1. The highest BCUT2D eigenvalue weighted by Crippen LogP contribution is 2.57. The molecule has 0 fully saturated rings. The molecule has 3 unspecified atom stereocenters. The van der Waals surface area contributed by atoms with Gasteiger partial charge >= 0.3 is 0 Å². The van der Waals surface area contributed by atoms with Crippen LogP contribution in [0.15, 0.2) is 109 Å². The van der Waals surface area contributed by atoms with E-state index in [1.54, 1.807) is 11.1 Å². The summed E-state index contributed by atoms with van der Waals surface area (Å²) in [7, 11) is 0. The summed E-state index contributed by atoms with van der Waals surface area (Å²) in [6, 6.07) is 42.3. The highest BCUT2D eigenvalue weighted by Gasteiger charge is 2.45. The first kappa shape index (κ1) is 39.6. The highest BCUT2D eigenvalue weighted by atomic mass is 15.1. The molecule has 5 aromatic rings. The van der Waals surface area contributed by atoms with Gasteiger partial charge in [0.05, 0.1) is 0 Å². The summed E-state index contributed by atoms with van der Waals surface area (Å²) in [5.74, 6) is 2.01. The van der Waals surface area contributed by atoms with Crippen LogP contribution in [0.3, 0.4) is 0 Å². The number of aryl methyl sites for hydroxylation is 2. The quantitative estimate of drug-likeness (QED) is 0.0872. The molecule has 1 aliphatic rings. The second-order valence-electron chi connectivity index (χ2n) is 16.8. The molecule has 0 spiro atoms. The van der Waals surface area contributed by atoms with Gasteiger partial charge in [-0.2, -0.15) is 0 Å². The van der Waals surface area contributed by atoms with Crippen molar-refractivity contribution in [1.29, 1.82) is 0 Å². The monoisotopic (exact) mass is 718 g/mol. The molecule has 0 aliphatic heterocycles. The maximum absolute atomic E-state index is 2.62. The van der Waals surface area contributed by atoms with E-state index in [9.17, 15) is 0 Å². The Kier molecular flexibility index (Phi) is 13.2. The summed E-state index contributed by atoms with van der Waals surface area (Å²) in [4.78, 5) is 2.40. The minimum Gasteiger partial charge on any atom is -0.311 e. The van der Waals surface area contributed by atoms with Gasteiger partial charge in [0.1, 0.15) is 0 Å². The van der Waals surface area contributed by atoms with Crippen LogP contribution in [0, 0.1) is 25.7 Å². The summed E-state index contributed by atoms with van der Waals surface area (Å²) >= 11 is 0. The van der Waals surface area contributed by atoms with E-state index in [1.807, 2.05) is 0 Å². The standard InChI is InChI=1S/C53H67N/c1-9-14-16-41(12-4)36-53(37-42(13-5)17-15-10-2)51-34-39(7)20-32-49(51)50-33-25-45(35-52(50)53)44-23-30-48(31-24-44)54(46-26-18-38(6)19-27-46)47-28-21-43(22-29-47)40(8)11-3/h18-35,40-42H,9-17,36-37H2,1-8H3. The first-order valence-corrected chi connectivity index (χ1v) is 21.6. The van der Waals surface area contributed by atoms with Crippen molar-refractivity contribution in [2.75, 3.05) is 4.90 Å². The minimum atomic E-state index is 0.0408. The molecule has 1 heteroatoms. The van der Waals surface area contributed by atoms with Gasteiger partial charge < -0.3 is 4.90 Å². The molecule has 5 aromatic carbocycles. The predicted octanol–water partition coefficient (Wildman–Crippen LogP) is 16.4. The maximum Gasteiger partial charge on any atom is 0.0462 e. The van der Waals surface area contributed by atoms with Gasteiger partial charge in [0.25, 0.3) is 0 Å². The van der Waals surface area contributed by atoms with Gasteiger partial charge in [-0.1, -0.05) is 171 Å². The van der Waals surface area contributed by atoms with Crippen LogP contribution in [0.2, 0.25) is 0 Å². The molecule has 54 heavy (non-hydrogen) atoms. The molecule has 284 valence electrons. The molecule has 1 nitrogen and oxygen atoms in total. The summed E-state index contributed by atoms with van der Waals surface area (Å²) in [5, 5.41) is 0. The van der Waals surface area contributed by atoms with Crippen LogP contribution in [0.25, 0.3) is 22.3 Å². The van der Waals surface area contributed by atoms with E-state index < -0.39 is 0 Å². The molecule has 0 radical (unpaired) electrons. The Balaban J connectivity index is 1.43. The normalized spacial score (nSPS) is 16.4.